The molecule has 0 aliphatic carbocycles. The Balaban J connectivity index is 2.59. The second kappa shape index (κ2) is 8.81. The Hall–Kier alpha value is -1.22. The largest absolute Gasteiger partial charge is 0.494 e. The van der Waals surface area contributed by atoms with Crippen molar-refractivity contribution in [2.75, 3.05) is 19.7 Å². The van der Waals surface area contributed by atoms with E-state index in [9.17, 15) is 0 Å². The molecule has 0 fully saturated rings. The summed E-state index contributed by atoms with van der Waals surface area (Å²) in [6.45, 7) is 11.1. The van der Waals surface area contributed by atoms with Crippen LogP contribution in [0.2, 0.25) is 0 Å². The zero-order valence-corrected chi connectivity index (χ0v) is 12.6. The summed E-state index contributed by atoms with van der Waals surface area (Å²) in [6.07, 6.45) is 1.33. The number of nitrogens with one attached hydrogen (secondary N) is 1. The minimum atomic E-state index is 0.184. The Kier molecular flexibility index (Phi) is 7.34. The zero-order valence-electron chi connectivity index (χ0n) is 12.6. The Morgan fingerprint density at radius 1 is 1.16 bits per heavy atom. The van der Waals surface area contributed by atoms with Crippen LogP contribution in [0.1, 0.15) is 34.1 Å². The van der Waals surface area contributed by atoms with Gasteiger partial charge in [0.05, 0.1) is 6.61 Å². The summed E-state index contributed by atoms with van der Waals surface area (Å²) in [5.74, 6) is 2.21. The van der Waals surface area contributed by atoms with Gasteiger partial charge in [0.25, 0.3) is 0 Å². The molecule has 0 radical (unpaired) electrons. The molecule has 19 heavy (non-hydrogen) atoms. The van der Waals surface area contributed by atoms with Crippen LogP contribution in [0.4, 0.5) is 0 Å². The molecule has 0 bridgehead atoms. The number of hydrogen-bond donors (Lipinski definition) is 1. The van der Waals surface area contributed by atoms with Crippen LogP contribution in [-0.4, -0.2) is 25.8 Å². The van der Waals surface area contributed by atoms with E-state index >= 15 is 0 Å². The molecule has 1 atom stereocenters. The first-order valence-electron chi connectivity index (χ1n) is 7.27. The molecular weight excluding hydrogens is 238 g/mol. The topological polar surface area (TPSA) is 30.5 Å². The van der Waals surface area contributed by atoms with Crippen molar-refractivity contribution < 1.29 is 9.47 Å². The van der Waals surface area contributed by atoms with Gasteiger partial charge in [-0.25, -0.2) is 0 Å². The summed E-state index contributed by atoms with van der Waals surface area (Å²) >= 11 is 0. The molecule has 1 rings (SSSR count). The summed E-state index contributed by atoms with van der Waals surface area (Å²) in [6, 6.07) is 7.86. The molecule has 0 heterocycles. The van der Waals surface area contributed by atoms with Crippen LogP contribution in [0.5, 0.6) is 11.5 Å². The van der Waals surface area contributed by atoms with E-state index in [1.54, 1.807) is 0 Å². The lowest BCUT2D eigenvalue weighted by Gasteiger charge is -2.23. The molecule has 1 unspecified atom stereocenters. The van der Waals surface area contributed by atoms with Crippen LogP contribution in [0.15, 0.2) is 24.3 Å². The van der Waals surface area contributed by atoms with Crippen molar-refractivity contribution in [1.82, 2.24) is 5.32 Å². The van der Waals surface area contributed by atoms with E-state index < -0.39 is 0 Å². The summed E-state index contributed by atoms with van der Waals surface area (Å²) in [5.41, 5.74) is 0. The average molecular weight is 265 g/mol. The van der Waals surface area contributed by atoms with Crippen molar-refractivity contribution in [2.45, 2.75) is 40.2 Å². The van der Waals surface area contributed by atoms with E-state index in [4.69, 9.17) is 9.47 Å². The van der Waals surface area contributed by atoms with Crippen molar-refractivity contribution in [3.63, 3.8) is 0 Å². The predicted octanol–water partition coefficient (Wildman–Crippen LogP) is 3.49. The van der Waals surface area contributed by atoms with Gasteiger partial charge in [-0.1, -0.05) is 26.8 Å². The smallest absolute Gasteiger partial charge is 0.123 e. The van der Waals surface area contributed by atoms with Gasteiger partial charge in [-0.05, 0) is 37.9 Å². The van der Waals surface area contributed by atoms with Crippen LogP contribution in [0.25, 0.3) is 0 Å². The molecular formula is C16H27NO2. The predicted molar refractivity (Wildman–Crippen MR) is 80.0 cm³/mol. The Morgan fingerprint density at radius 2 is 1.89 bits per heavy atom. The highest BCUT2D eigenvalue weighted by Crippen LogP contribution is 2.21. The SMILES string of the molecule is CCCNCC(Oc1cccc(OCC)c1)C(C)C. The van der Waals surface area contributed by atoms with Gasteiger partial charge in [-0.2, -0.15) is 0 Å². The van der Waals surface area contributed by atoms with E-state index in [0.717, 1.165) is 31.0 Å². The fraction of sp³-hybridized carbons (Fsp3) is 0.625. The molecule has 3 heteroatoms. The maximum Gasteiger partial charge on any atom is 0.123 e. The second-order valence-electron chi connectivity index (χ2n) is 5.01. The molecule has 3 nitrogen and oxygen atoms in total. The Bertz CT molecular complexity index is 352. The maximum absolute atomic E-state index is 6.07. The number of hydrogen-bond acceptors (Lipinski definition) is 3. The van der Waals surface area contributed by atoms with E-state index in [0.29, 0.717) is 12.5 Å². The highest BCUT2D eigenvalue weighted by atomic mass is 16.5. The van der Waals surface area contributed by atoms with Gasteiger partial charge in [0.1, 0.15) is 17.6 Å². The monoisotopic (exact) mass is 265 g/mol. The third-order valence-electron chi connectivity index (χ3n) is 2.92. The molecule has 0 saturated carbocycles. The third kappa shape index (κ3) is 5.97. The molecule has 0 aliphatic heterocycles. The molecule has 0 aromatic heterocycles. The van der Waals surface area contributed by atoms with Crippen molar-refractivity contribution in [3.05, 3.63) is 24.3 Å². The van der Waals surface area contributed by atoms with Crippen molar-refractivity contribution in [3.8, 4) is 11.5 Å². The lowest BCUT2D eigenvalue weighted by molar-refractivity contribution is 0.148. The minimum Gasteiger partial charge on any atom is -0.494 e. The Labute approximate surface area is 117 Å². The summed E-state index contributed by atoms with van der Waals surface area (Å²) in [4.78, 5) is 0. The molecule has 1 N–H and O–H groups in total. The maximum atomic E-state index is 6.07. The van der Waals surface area contributed by atoms with Gasteiger partial charge in [0.15, 0.2) is 0 Å². The van der Waals surface area contributed by atoms with Crippen LogP contribution < -0.4 is 14.8 Å². The quantitative estimate of drug-likeness (QED) is 0.693. The van der Waals surface area contributed by atoms with E-state index in [2.05, 4.69) is 26.1 Å². The first kappa shape index (κ1) is 15.8. The van der Waals surface area contributed by atoms with Gasteiger partial charge in [-0.15, -0.1) is 0 Å². The Morgan fingerprint density at radius 3 is 2.53 bits per heavy atom. The number of benzene rings is 1. The fourth-order valence-corrected chi connectivity index (χ4v) is 1.81. The summed E-state index contributed by atoms with van der Waals surface area (Å²) in [5, 5.41) is 3.42. The molecule has 1 aromatic carbocycles. The second-order valence-corrected chi connectivity index (χ2v) is 5.01. The number of ether oxygens (including phenoxy) is 2. The molecule has 0 aliphatic rings. The van der Waals surface area contributed by atoms with E-state index in [-0.39, 0.29) is 6.10 Å². The highest BCUT2D eigenvalue weighted by molar-refractivity contribution is 5.33. The summed E-state index contributed by atoms with van der Waals surface area (Å²) < 4.78 is 11.6. The van der Waals surface area contributed by atoms with Gasteiger partial charge >= 0.3 is 0 Å². The van der Waals surface area contributed by atoms with Gasteiger partial charge in [0, 0.05) is 12.6 Å². The minimum absolute atomic E-state index is 0.184. The highest BCUT2D eigenvalue weighted by Gasteiger charge is 2.15. The van der Waals surface area contributed by atoms with Gasteiger partial charge in [-0.3, -0.25) is 0 Å². The fourth-order valence-electron chi connectivity index (χ4n) is 1.81. The van der Waals surface area contributed by atoms with Gasteiger partial charge in [0.2, 0.25) is 0 Å². The average Bonchev–Trinajstić information content (AvgIpc) is 2.38. The van der Waals surface area contributed by atoms with Crippen LogP contribution >= 0.6 is 0 Å². The number of rotatable bonds is 9. The first-order valence-corrected chi connectivity index (χ1v) is 7.27. The van der Waals surface area contributed by atoms with E-state index in [1.165, 1.54) is 0 Å². The molecule has 1 aromatic rings. The molecule has 0 amide bonds. The van der Waals surface area contributed by atoms with Crippen LogP contribution in [-0.2, 0) is 0 Å². The molecule has 108 valence electrons. The van der Waals surface area contributed by atoms with E-state index in [1.807, 2.05) is 31.2 Å². The van der Waals surface area contributed by atoms with Crippen molar-refractivity contribution in [1.29, 1.82) is 0 Å². The zero-order chi connectivity index (χ0) is 14.1. The lowest BCUT2D eigenvalue weighted by atomic mass is 10.1. The van der Waals surface area contributed by atoms with Gasteiger partial charge < -0.3 is 14.8 Å². The van der Waals surface area contributed by atoms with Crippen molar-refractivity contribution in [2.24, 2.45) is 5.92 Å². The standard InChI is InChI=1S/C16H27NO2/c1-5-10-17-12-16(13(3)4)19-15-9-7-8-14(11-15)18-6-2/h7-9,11,13,16-17H,5-6,10,12H2,1-4H3. The van der Waals surface area contributed by atoms with Crippen molar-refractivity contribution >= 4 is 0 Å². The first-order chi connectivity index (χ1) is 9.17. The lowest BCUT2D eigenvalue weighted by Crippen LogP contribution is -2.35. The van der Waals surface area contributed by atoms with Crippen LogP contribution in [0, 0.1) is 5.92 Å². The van der Waals surface area contributed by atoms with Crippen LogP contribution in [0.3, 0.4) is 0 Å². The normalized spacial score (nSPS) is 12.5. The third-order valence-corrected chi connectivity index (χ3v) is 2.92. The summed E-state index contributed by atoms with van der Waals surface area (Å²) in [7, 11) is 0. The molecule has 0 saturated heterocycles. The molecule has 0 spiro atoms.